The van der Waals surface area contributed by atoms with Gasteiger partial charge in [0.05, 0.1) is 6.54 Å². The summed E-state index contributed by atoms with van der Waals surface area (Å²) in [6, 6.07) is 0. The van der Waals surface area contributed by atoms with Crippen LogP contribution in [0.1, 0.15) is 13.3 Å². The van der Waals surface area contributed by atoms with Crippen LogP contribution in [0.3, 0.4) is 0 Å². The van der Waals surface area contributed by atoms with Crippen LogP contribution in [0.5, 0.6) is 0 Å². The Balaban J connectivity index is 2.34. The van der Waals surface area contributed by atoms with E-state index in [9.17, 15) is 4.79 Å². The smallest absolute Gasteiger partial charge is 0.146 e. The van der Waals surface area contributed by atoms with Crippen molar-refractivity contribution >= 4 is 5.78 Å². The second-order valence-electron chi connectivity index (χ2n) is 2.48. The van der Waals surface area contributed by atoms with Crippen LogP contribution < -0.4 is 5.32 Å². The summed E-state index contributed by atoms with van der Waals surface area (Å²) in [7, 11) is 0. The van der Waals surface area contributed by atoms with Crippen molar-refractivity contribution in [2.75, 3.05) is 13.1 Å². The van der Waals surface area contributed by atoms with Gasteiger partial charge in [-0.1, -0.05) is 6.92 Å². The molecule has 1 rings (SSSR count). The Kier molecular flexibility index (Phi) is 1.63. The maximum Gasteiger partial charge on any atom is 0.146 e. The molecule has 46 valence electrons. The van der Waals surface area contributed by atoms with Gasteiger partial charge in [-0.3, -0.25) is 4.79 Å². The first kappa shape index (κ1) is 5.76. The molecule has 2 nitrogen and oxygen atoms in total. The fraction of sp³-hybridized carbons (Fsp3) is 0.833. The quantitative estimate of drug-likeness (QED) is 0.485. The molecule has 0 amide bonds. The molecule has 1 aliphatic rings. The molecule has 8 heavy (non-hydrogen) atoms. The minimum atomic E-state index is 0.351. The zero-order valence-electron chi connectivity index (χ0n) is 5.11. The van der Waals surface area contributed by atoms with Crippen LogP contribution in [-0.2, 0) is 4.79 Å². The number of rotatable bonds is 0. The molecule has 1 atom stereocenters. The minimum Gasteiger partial charge on any atom is -0.310 e. The van der Waals surface area contributed by atoms with Gasteiger partial charge in [0.15, 0.2) is 0 Å². The fourth-order valence-corrected chi connectivity index (χ4v) is 0.991. The molecule has 0 aliphatic carbocycles. The van der Waals surface area contributed by atoms with Crippen molar-refractivity contribution in [3.05, 3.63) is 0 Å². The molecule has 1 aliphatic heterocycles. The summed E-state index contributed by atoms with van der Waals surface area (Å²) in [6.45, 7) is 3.68. The van der Waals surface area contributed by atoms with Gasteiger partial charge in [0.25, 0.3) is 0 Å². The second-order valence-corrected chi connectivity index (χ2v) is 2.48. The van der Waals surface area contributed by atoms with E-state index in [4.69, 9.17) is 0 Å². The van der Waals surface area contributed by atoms with Crippen LogP contribution in [0.25, 0.3) is 0 Å². The van der Waals surface area contributed by atoms with Crippen molar-refractivity contribution in [2.45, 2.75) is 13.3 Å². The Morgan fingerprint density at radius 2 is 2.50 bits per heavy atom. The molecule has 1 saturated heterocycles. The lowest BCUT2D eigenvalue weighted by atomic mass is 10.0. The number of ketones is 1. The molecule has 0 radical (unpaired) electrons. The highest BCUT2D eigenvalue weighted by molar-refractivity contribution is 5.81. The van der Waals surface area contributed by atoms with Crippen LogP contribution >= 0.6 is 0 Å². The van der Waals surface area contributed by atoms with E-state index in [2.05, 4.69) is 12.2 Å². The molecular formula is C6H11NO. The zero-order valence-corrected chi connectivity index (χ0v) is 5.11. The normalized spacial score (nSPS) is 30.6. The molecule has 0 saturated carbocycles. The lowest BCUT2D eigenvalue weighted by Crippen LogP contribution is -2.34. The maximum absolute atomic E-state index is 10.6. The summed E-state index contributed by atoms with van der Waals surface area (Å²) in [6.07, 6.45) is 0.771. The largest absolute Gasteiger partial charge is 0.310 e. The molecule has 0 aromatic carbocycles. The van der Waals surface area contributed by atoms with Crippen LogP contribution in [0, 0.1) is 5.92 Å². The van der Waals surface area contributed by atoms with E-state index >= 15 is 0 Å². The van der Waals surface area contributed by atoms with Crippen molar-refractivity contribution in [2.24, 2.45) is 5.92 Å². The molecule has 1 fully saturated rings. The standard InChI is InChI=1S/C6H11NO/c1-5-2-6(8)4-7-3-5/h5,7H,2-4H2,1H3/t5-/m0/s1. The third-order valence-electron chi connectivity index (χ3n) is 1.39. The number of carbonyl (C=O) groups excluding carboxylic acids is 1. The average molecular weight is 113 g/mol. The van der Waals surface area contributed by atoms with Gasteiger partial charge in [-0.2, -0.15) is 0 Å². The predicted octanol–water partition coefficient (Wildman–Crippen LogP) is 0.185. The van der Waals surface area contributed by atoms with E-state index in [1.165, 1.54) is 0 Å². The Hall–Kier alpha value is -0.370. The van der Waals surface area contributed by atoms with E-state index in [1.807, 2.05) is 0 Å². The summed E-state index contributed by atoms with van der Waals surface area (Å²) in [5.74, 6) is 0.903. The van der Waals surface area contributed by atoms with Gasteiger partial charge in [-0.25, -0.2) is 0 Å². The zero-order chi connectivity index (χ0) is 5.98. The van der Waals surface area contributed by atoms with E-state index in [-0.39, 0.29) is 0 Å². The molecule has 1 N–H and O–H groups in total. The first-order valence-electron chi connectivity index (χ1n) is 3.01. The summed E-state index contributed by atoms with van der Waals surface area (Å²) in [4.78, 5) is 10.6. The van der Waals surface area contributed by atoms with E-state index in [0.29, 0.717) is 18.2 Å². The molecule has 0 aromatic rings. The van der Waals surface area contributed by atoms with Gasteiger partial charge in [0.2, 0.25) is 0 Å². The summed E-state index contributed by atoms with van der Waals surface area (Å²) < 4.78 is 0. The Bertz CT molecular complexity index is 101. The monoisotopic (exact) mass is 113 g/mol. The first-order chi connectivity index (χ1) is 3.79. The second kappa shape index (κ2) is 2.27. The predicted molar refractivity (Wildman–Crippen MR) is 31.7 cm³/mol. The molecule has 0 aromatic heterocycles. The molecule has 2 heteroatoms. The van der Waals surface area contributed by atoms with Gasteiger partial charge in [0, 0.05) is 6.42 Å². The SMILES string of the molecule is C[C@@H]1CNCC(=O)C1. The number of nitrogens with one attached hydrogen (secondary N) is 1. The van der Waals surface area contributed by atoms with Gasteiger partial charge in [-0.05, 0) is 12.5 Å². The number of piperidine rings is 1. The highest BCUT2D eigenvalue weighted by Crippen LogP contribution is 2.03. The summed E-state index contributed by atoms with van der Waals surface area (Å²) in [5, 5.41) is 3.03. The van der Waals surface area contributed by atoms with Crippen molar-refractivity contribution in [1.82, 2.24) is 5.32 Å². The third kappa shape index (κ3) is 1.30. The van der Waals surface area contributed by atoms with Gasteiger partial charge >= 0.3 is 0 Å². The average Bonchev–Trinajstić information content (AvgIpc) is 1.64. The number of Topliss-reactive ketones (excluding diaryl/α,β-unsaturated/α-hetero) is 1. The van der Waals surface area contributed by atoms with E-state index < -0.39 is 0 Å². The highest BCUT2D eigenvalue weighted by atomic mass is 16.1. The Labute approximate surface area is 49.3 Å². The lowest BCUT2D eigenvalue weighted by Gasteiger charge is -2.16. The number of hydrogen-bond donors (Lipinski definition) is 1. The topological polar surface area (TPSA) is 29.1 Å². The van der Waals surface area contributed by atoms with E-state index in [0.717, 1.165) is 13.0 Å². The molecular weight excluding hydrogens is 102 g/mol. The summed E-state index contributed by atoms with van der Waals surface area (Å²) in [5.41, 5.74) is 0. The third-order valence-corrected chi connectivity index (χ3v) is 1.39. The Morgan fingerprint density at radius 1 is 1.75 bits per heavy atom. The maximum atomic E-state index is 10.6. The Morgan fingerprint density at radius 3 is 2.88 bits per heavy atom. The van der Waals surface area contributed by atoms with Crippen molar-refractivity contribution in [1.29, 1.82) is 0 Å². The minimum absolute atomic E-state index is 0.351. The van der Waals surface area contributed by atoms with Gasteiger partial charge in [-0.15, -0.1) is 0 Å². The highest BCUT2D eigenvalue weighted by Gasteiger charge is 2.13. The van der Waals surface area contributed by atoms with Crippen LogP contribution in [0.4, 0.5) is 0 Å². The number of carbonyl (C=O) groups is 1. The number of hydrogen-bond acceptors (Lipinski definition) is 2. The van der Waals surface area contributed by atoms with Crippen LogP contribution in [-0.4, -0.2) is 18.9 Å². The van der Waals surface area contributed by atoms with Crippen molar-refractivity contribution < 1.29 is 4.79 Å². The summed E-state index contributed by atoms with van der Waals surface area (Å²) >= 11 is 0. The van der Waals surface area contributed by atoms with Gasteiger partial charge in [0.1, 0.15) is 5.78 Å². The molecule has 1 heterocycles. The van der Waals surface area contributed by atoms with Crippen LogP contribution in [0.15, 0.2) is 0 Å². The van der Waals surface area contributed by atoms with Crippen LogP contribution in [0.2, 0.25) is 0 Å². The molecule has 0 unspecified atom stereocenters. The fourth-order valence-electron chi connectivity index (χ4n) is 0.991. The van der Waals surface area contributed by atoms with E-state index in [1.54, 1.807) is 0 Å². The molecule has 0 spiro atoms. The molecule has 0 bridgehead atoms. The first-order valence-corrected chi connectivity index (χ1v) is 3.01. The van der Waals surface area contributed by atoms with Gasteiger partial charge < -0.3 is 5.32 Å². The van der Waals surface area contributed by atoms with Crippen molar-refractivity contribution in [3.8, 4) is 0 Å². The van der Waals surface area contributed by atoms with Crippen molar-refractivity contribution in [3.63, 3.8) is 0 Å². The lowest BCUT2D eigenvalue weighted by molar-refractivity contribution is -0.120.